The molecule has 0 heterocycles. The van der Waals surface area contributed by atoms with E-state index in [1.54, 1.807) is 58.0 Å². The first kappa shape index (κ1) is 30.9. The van der Waals surface area contributed by atoms with E-state index in [1.165, 1.54) is 29.2 Å². The fraction of sp³-hybridized carbons (Fsp3) is 0.265. The molecule has 2 unspecified atom stereocenters. The molecular formula is C34H37N3O6. The van der Waals surface area contributed by atoms with Gasteiger partial charge in [-0.1, -0.05) is 54.6 Å². The number of alkyl carbamates (subject to hydrolysis) is 1. The predicted molar refractivity (Wildman–Crippen MR) is 166 cm³/mol. The van der Waals surface area contributed by atoms with Crippen LogP contribution >= 0.6 is 0 Å². The number of hydrogen-bond donors (Lipinski definition) is 4. The topological polar surface area (TPSA) is 128 Å². The first-order chi connectivity index (χ1) is 20.4. The smallest absolute Gasteiger partial charge is 0.408 e. The van der Waals surface area contributed by atoms with E-state index in [9.17, 15) is 24.6 Å². The lowest BCUT2D eigenvalue weighted by Crippen LogP contribution is -2.53. The highest BCUT2D eigenvalue weighted by Gasteiger charge is 2.36. The maximum atomic E-state index is 14.2. The first-order valence-electron chi connectivity index (χ1n) is 14.1. The molecule has 224 valence electrons. The summed E-state index contributed by atoms with van der Waals surface area (Å²) >= 11 is 0. The molecule has 3 amide bonds. The van der Waals surface area contributed by atoms with Gasteiger partial charge in [-0.25, -0.2) is 4.79 Å². The number of fused-ring (bicyclic) bond motifs is 1. The molecule has 0 spiro atoms. The fourth-order valence-electron chi connectivity index (χ4n) is 4.79. The number of amides is 3. The van der Waals surface area contributed by atoms with Crippen LogP contribution in [0.15, 0.2) is 91.0 Å². The SMILES string of the molecule is CCN(C(=O)C(Cc1ccc(O)cc1)NC(=O)OC(C)(C)C)C(C(=O)Nc1ccc2ccccc2c1)c1ccc(O)cc1. The van der Waals surface area contributed by atoms with Gasteiger partial charge >= 0.3 is 6.09 Å². The molecular weight excluding hydrogens is 546 g/mol. The summed E-state index contributed by atoms with van der Waals surface area (Å²) in [6.45, 7) is 7.05. The maximum Gasteiger partial charge on any atom is 0.408 e. The third kappa shape index (κ3) is 8.25. The van der Waals surface area contributed by atoms with E-state index in [0.717, 1.165) is 10.8 Å². The molecule has 9 nitrogen and oxygen atoms in total. The largest absolute Gasteiger partial charge is 0.508 e. The number of nitrogens with one attached hydrogen (secondary N) is 2. The molecule has 0 fully saturated rings. The lowest BCUT2D eigenvalue weighted by atomic mass is 10.00. The van der Waals surface area contributed by atoms with Crippen LogP contribution < -0.4 is 10.6 Å². The lowest BCUT2D eigenvalue weighted by molar-refractivity contribution is -0.140. The Morgan fingerprint density at radius 1 is 0.837 bits per heavy atom. The summed E-state index contributed by atoms with van der Waals surface area (Å²) in [5.41, 5.74) is 0.926. The van der Waals surface area contributed by atoms with Crippen LogP contribution in [-0.2, 0) is 20.7 Å². The van der Waals surface area contributed by atoms with E-state index < -0.39 is 35.6 Å². The van der Waals surface area contributed by atoms with Gasteiger partial charge in [0.15, 0.2) is 0 Å². The highest BCUT2D eigenvalue weighted by atomic mass is 16.6. The highest BCUT2D eigenvalue weighted by molar-refractivity contribution is 6.00. The summed E-state index contributed by atoms with van der Waals surface area (Å²) in [6.07, 6.45) is -0.689. The van der Waals surface area contributed by atoms with E-state index in [4.69, 9.17) is 4.74 Å². The molecule has 0 bridgehead atoms. The molecule has 4 rings (SSSR count). The van der Waals surface area contributed by atoms with Crippen molar-refractivity contribution in [2.24, 2.45) is 0 Å². The molecule has 4 N–H and O–H groups in total. The molecule has 2 atom stereocenters. The Hall–Kier alpha value is -5.05. The van der Waals surface area contributed by atoms with Crippen molar-refractivity contribution in [3.8, 4) is 11.5 Å². The van der Waals surface area contributed by atoms with E-state index >= 15 is 0 Å². The van der Waals surface area contributed by atoms with Gasteiger partial charge in [0.2, 0.25) is 5.91 Å². The van der Waals surface area contributed by atoms with Crippen LogP contribution in [0.2, 0.25) is 0 Å². The number of anilines is 1. The Kier molecular flexibility index (Phi) is 9.55. The monoisotopic (exact) mass is 583 g/mol. The number of benzene rings is 4. The number of phenols is 2. The van der Waals surface area contributed by atoms with Crippen molar-refractivity contribution in [3.05, 3.63) is 102 Å². The first-order valence-corrected chi connectivity index (χ1v) is 14.1. The second kappa shape index (κ2) is 13.3. The van der Waals surface area contributed by atoms with Gasteiger partial charge in [-0.15, -0.1) is 0 Å². The van der Waals surface area contributed by atoms with Gasteiger partial charge in [0.25, 0.3) is 5.91 Å². The second-order valence-electron chi connectivity index (χ2n) is 11.2. The third-order valence-corrected chi connectivity index (χ3v) is 6.77. The standard InChI is InChI=1S/C34H37N3O6/c1-5-37(32(41)29(36-33(42)43-34(2,3)4)20-22-10-16-27(38)17-11-22)30(24-13-18-28(39)19-14-24)31(40)35-26-15-12-23-8-6-7-9-25(23)21-26/h6-19,21,29-30,38-39H,5,20H2,1-4H3,(H,35,40)(H,36,42). The van der Waals surface area contributed by atoms with Crippen molar-refractivity contribution in [1.82, 2.24) is 10.2 Å². The summed E-state index contributed by atoms with van der Waals surface area (Å²) in [5.74, 6) is -0.881. The minimum Gasteiger partial charge on any atom is -0.508 e. The number of ether oxygens (including phenoxy) is 1. The third-order valence-electron chi connectivity index (χ3n) is 6.77. The van der Waals surface area contributed by atoms with Gasteiger partial charge in [0.05, 0.1) is 0 Å². The number of nitrogens with zero attached hydrogens (tertiary/aromatic N) is 1. The number of aromatic hydroxyl groups is 2. The molecule has 0 aliphatic rings. The molecule has 0 aliphatic carbocycles. The van der Waals surface area contributed by atoms with Gasteiger partial charge in [0, 0.05) is 18.7 Å². The minimum atomic E-state index is -1.09. The second-order valence-corrected chi connectivity index (χ2v) is 11.2. The number of phenolic OH excluding ortho intramolecular Hbond substituents is 2. The minimum absolute atomic E-state index is 0.0172. The van der Waals surface area contributed by atoms with Crippen molar-refractivity contribution in [1.29, 1.82) is 0 Å². The van der Waals surface area contributed by atoms with Crippen LogP contribution in [0.5, 0.6) is 11.5 Å². The van der Waals surface area contributed by atoms with Gasteiger partial charge in [-0.3, -0.25) is 9.59 Å². The zero-order chi connectivity index (χ0) is 31.1. The Morgan fingerprint density at radius 2 is 1.44 bits per heavy atom. The van der Waals surface area contributed by atoms with E-state index in [2.05, 4.69) is 10.6 Å². The normalized spacial score (nSPS) is 12.7. The number of carbonyl (C=O) groups excluding carboxylic acids is 3. The highest BCUT2D eigenvalue weighted by Crippen LogP contribution is 2.27. The van der Waals surface area contributed by atoms with Crippen LogP contribution in [0.1, 0.15) is 44.9 Å². The molecule has 0 saturated heterocycles. The zero-order valence-corrected chi connectivity index (χ0v) is 24.7. The lowest BCUT2D eigenvalue weighted by Gasteiger charge is -2.34. The van der Waals surface area contributed by atoms with Crippen molar-refractivity contribution < 1.29 is 29.3 Å². The molecule has 9 heteroatoms. The van der Waals surface area contributed by atoms with Crippen LogP contribution in [0.4, 0.5) is 10.5 Å². The molecule has 43 heavy (non-hydrogen) atoms. The predicted octanol–water partition coefficient (Wildman–Crippen LogP) is 5.92. The van der Waals surface area contributed by atoms with Gasteiger partial charge in [-0.05, 0) is 86.0 Å². The number of carbonyl (C=O) groups is 3. The van der Waals surface area contributed by atoms with E-state index in [-0.39, 0.29) is 24.5 Å². The Balaban J connectivity index is 1.69. The maximum absolute atomic E-state index is 14.2. The van der Waals surface area contributed by atoms with Gasteiger partial charge in [0.1, 0.15) is 29.2 Å². The van der Waals surface area contributed by atoms with E-state index in [1.807, 2.05) is 36.4 Å². The summed E-state index contributed by atoms with van der Waals surface area (Å²) in [6, 6.07) is 23.6. The van der Waals surface area contributed by atoms with Gasteiger partial charge in [-0.2, -0.15) is 0 Å². The van der Waals surface area contributed by atoms with Crippen LogP contribution in [0.25, 0.3) is 10.8 Å². The summed E-state index contributed by atoms with van der Waals surface area (Å²) < 4.78 is 5.44. The Labute approximate surface area is 251 Å². The van der Waals surface area contributed by atoms with Gasteiger partial charge < -0.3 is 30.5 Å². The van der Waals surface area contributed by atoms with E-state index in [0.29, 0.717) is 16.8 Å². The number of likely N-dealkylation sites (N-methyl/N-ethyl adjacent to an activating group) is 1. The molecule has 0 aromatic heterocycles. The van der Waals surface area contributed by atoms with Crippen molar-refractivity contribution in [2.45, 2.75) is 51.8 Å². The van der Waals surface area contributed by atoms with Crippen molar-refractivity contribution >= 4 is 34.4 Å². The van der Waals surface area contributed by atoms with Crippen LogP contribution in [0, 0.1) is 0 Å². The van der Waals surface area contributed by atoms with Crippen LogP contribution in [-0.4, -0.2) is 51.2 Å². The molecule has 0 saturated carbocycles. The van der Waals surface area contributed by atoms with Crippen molar-refractivity contribution in [2.75, 3.05) is 11.9 Å². The van der Waals surface area contributed by atoms with Crippen molar-refractivity contribution in [3.63, 3.8) is 0 Å². The average molecular weight is 584 g/mol. The molecule has 4 aromatic rings. The fourth-order valence-corrected chi connectivity index (χ4v) is 4.79. The zero-order valence-electron chi connectivity index (χ0n) is 24.7. The summed E-state index contributed by atoms with van der Waals surface area (Å²) in [5, 5.41) is 27.3. The summed E-state index contributed by atoms with van der Waals surface area (Å²) in [7, 11) is 0. The quantitative estimate of drug-likeness (QED) is 0.194. The summed E-state index contributed by atoms with van der Waals surface area (Å²) in [4.78, 5) is 42.4. The number of hydrogen-bond acceptors (Lipinski definition) is 6. The Morgan fingerprint density at radius 3 is 2.05 bits per heavy atom. The average Bonchev–Trinajstić information content (AvgIpc) is 2.96. The molecule has 0 radical (unpaired) electrons. The Bertz CT molecular complexity index is 1580. The molecule has 0 aliphatic heterocycles. The van der Waals surface area contributed by atoms with Crippen LogP contribution in [0.3, 0.4) is 0 Å². The molecule has 4 aromatic carbocycles. The number of rotatable bonds is 9.